The molecule has 1 unspecified atom stereocenters. The van der Waals surface area contributed by atoms with Crippen LogP contribution in [0.5, 0.6) is 5.75 Å². The van der Waals surface area contributed by atoms with Crippen molar-refractivity contribution in [3.8, 4) is 5.75 Å². The zero-order chi connectivity index (χ0) is 12.9. The summed E-state index contributed by atoms with van der Waals surface area (Å²) in [4.78, 5) is 2.48. The van der Waals surface area contributed by atoms with Crippen LogP contribution in [-0.2, 0) is 11.3 Å². The normalized spacial score (nSPS) is 24.5. The number of nitrogens with zero attached hydrogens (tertiary/aromatic N) is 1. The Morgan fingerprint density at radius 3 is 2.89 bits per heavy atom. The Bertz CT molecular complexity index is 399. The summed E-state index contributed by atoms with van der Waals surface area (Å²) in [5.74, 6) is 1.02. The van der Waals surface area contributed by atoms with Crippen LogP contribution in [0, 0.1) is 0 Å². The summed E-state index contributed by atoms with van der Waals surface area (Å²) >= 11 is 0. The number of ether oxygens (including phenoxy) is 2. The lowest BCUT2D eigenvalue weighted by atomic mass is 10.1. The number of hydrogen-bond donors (Lipinski definition) is 1. The minimum Gasteiger partial charge on any atom is -0.488 e. The molecule has 2 aliphatic heterocycles. The third-order valence-corrected chi connectivity index (χ3v) is 3.76. The molecule has 2 fully saturated rings. The molecule has 0 spiro atoms. The van der Waals surface area contributed by atoms with Crippen molar-refractivity contribution in [1.82, 2.24) is 10.2 Å². The van der Waals surface area contributed by atoms with E-state index >= 15 is 0 Å². The quantitative estimate of drug-likeness (QED) is 0.886. The fourth-order valence-electron chi connectivity index (χ4n) is 2.64. The van der Waals surface area contributed by atoms with Crippen molar-refractivity contribution < 1.29 is 9.47 Å². The highest BCUT2D eigenvalue weighted by Gasteiger charge is 2.19. The standard InChI is InChI=1S/C15H22N2O2/c1-2-4-15(19-14-5-10-18-12-14)13(3-1)11-17-8-6-16-7-9-17/h1-4,14,16H,5-12H2. The number of nitrogens with one attached hydrogen (secondary N) is 1. The number of rotatable bonds is 4. The summed E-state index contributed by atoms with van der Waals surface area (Å²) in [6.45, 7) is 6.92. The van der Waals surface area contributed by atoms with Crippen molar-refractivity contribution in [2.24, 2.45) is 0 Å². The van der Waals surface area contributed by atoms with Gasteiger partial charge in [0.1, 0.15) is 11.9 Å². The molecule has 0 saturated carbocycles. The predicted octanol–water partition coefficient (Wildman–Crippen LogP) is 1.26. The summed E-state index contributed by atoms with van der Waals surface area (Å²) in [5.41, 5.74) is 1.29. The molecule has 0 amide bonds. The van der Waals surface area contributed by atoms with Gasteiger partial charge in [-0.25, -0.2) is 0 Å². The van der Waals surface area contributed by atoms with E-state index in [-0.39, 0.29) is 6.10 Å². The number of piperazine rings is 1. The third-order valence-electron chi connectivity index (χ3n) is 3.76. The van der Waals surface area contributed by atoms with Gasteiger partial charge in [-0.05, 0) is 6.07 Å². The fourth-order valence-corrected chi connectivity index (χ4v) is 2.64. The maximum absolute atomic E-state index is 6.08. The topological polar surface area (TPSA) is 33.7 Å². The zero-order valence-electron chi connectivity index (χ0n) is 11.3. The average Bonchev–Trinajstić information content (AvgIpc) is 2.95. The van der Waals surface area contributed by atoms with Gasteiger partial charge < -0.3 is 14.8 Å². The van der Waals surface area contributed by atoms with E-state index in [0.717, 1.165) is 58.1 Å². The van der Waals surface area contributed by atoms with Gasteiger partial charge in [0.15, 0.2) is 0 Å². The Kier molecular flexibility index (Phi) is 4.33. The lowest BCUT2D eigenvalue weighted by Gasteiger charge is -2.28. The molecule has 1 aromatic rings. The molecule has 19 heavy (non-hydrogen) atoms. The molecule has 4 nitrogen and oxygen atoms in total. The molecule has 104 valence electrons. The molecule has 1 N–H and O–H groups in total. The Morgan fingerprint density at radius 2 is 2.11 bits per heavy atom. The van der Waals surface area contributed by atoms with Crippen molar-refractivity contribution in [2.75, 3.05) is 39.4 Å². The first-order valence-corrected chi connectivity index (χ1v) is 7.17. The fraction of sp³-hybridized carbons (Fsp3) is 0.600. The summed E-state index contributed by atoms with van der Waals surface area (Å²) in [7, 11) is 0. The van der Waals surface area contributed by atoms with Crippen molar-refractivity contribution in [3.05, 3.63) is 29.8 Å². The van der Waals surface area contributed by atoms with Crippen LogP contribution >= 0.6 is 0 Å². The highest BCUT2D eigenvalue weighted by molar-refractivity contribution is 5.33. The van der Waals surface area contributed by atoms with Crippen molar-refractivity contribution in [1.29, 1.82) is 0 Å². The molecule has 0 aromatic heterocycles. The lowest BCUT2D eigenvalue weighted by molar-refractivity contribution is 0.139. The van der Waals surface area contributed by atoms with Crippen LogP contribution in [0.15, 0.2) is 24.3 Å². The van der Waals surface area contributed by atoms with E-state index in [1.807, 2.05) is 6.07 Å². The van der Waals surface area contributed by atoms with E-state index in [2.05, 4.69) is 28.4 Å². The van der Waals surface area contributed by atoms with E-state index in [4.69, 9.17) is 9.47 Å². The highest BCUT2D eigenvalue weighted by atomic mass is 16.5. The van der Waals surface area contributed by atoms with Crippen LogP contribution in [-0.4, -0.2) is 50.4 Å². The molecule has 3 rings (SSSR count). The van der Waals surface area contributed by atoms with Crippen molar-refractivity contribution >= 4 is 0 Å². The van der Waals surface area contributed by atoms with Gasteiger partial charge in [-0.3, -0.25) is 4.90 Å². The second-order valence-electron chi connectivity index (χ2n) is 5.24. The van der Waals surface area contributed by atoms with Gasteiger partial charge in [-0.2, -0.15) is 0 Å². The van der Waals surface area contributed by atoms with Crippen LogP contribution in [0.25, 0.3) is 0 Å². The second-order valence-corrected chi connectivity index (χ2v) is 5.24. The highest BCUT2D eigenvalue weighted by Crippen LogP contribution is 2.23. The monoisotopic (exact) mass is 262 g/mol. The van der Waals surface area contributed by atoms with Gasteiger partial charge in [0.05, 0.1) is 13.2 Å². The first-order chi connectivity index (χ1) is 9.42. The molecule has 2 heterocycles. The first kappa shape index (κ1) is 12.9. The Morgan fingerprint density at radius 1 is 1.26 bits per heavy atom. The van der Waals surface area contributed by atoms with E-state index in [0.29, 0.717) is 0 Å². The predicted molar refractivity (Wildman–Crippen MR) is 74.4 cm³/mol. The molecule has 0 radical (unpaired) electrons. The van der Waals surface area contributed by atoms with E-state index in [9.17, 15) is 0 Å². The summed E-state index contributed by atoms with van der Waals surface area (Å²) in [6, 6.07) is 8.39. The van der Waals surface area contributed by atoms with Gasteiger partial charge in [-0.1, -0.05) is 18.2 Å². The smallest absolute Gasteiger partial charge is 0.124 e. The Labute approximate surface area is 114 Å². The van der Waals surface area contributed by atoms with Crippen LogP contribution in [0.4, 0.5) is 0 Å². The summed E-state index contributed by atoms with van der Waals surface area (Å²) < 4.78 is 11.5. The summed E-state index contributed by atoms with van der Waals surface area (Å²) in [5, 5.41) is 3.38. The molecular formula is C15H22N2O2. The van der Waals surface area contributed by atoms with Crippen molar-refractivity contribution in [3.63, 3.8) is 0 Å². The molecule has 1 atom stereocenters. The Hall–Kier alpha value is -1.10. The van der Waals surface area contributed by atoms with Crippen molar-refractivity contribution in [2.45, 2.75) is 19.1 Å². The number of benzene rings is 1. The first-order valence-electron chi connectivity index (χ1n) is 7.17. The molecule has 4 heteroatoms. The molecule has 0 aliphatic carbocycles. The van der Waals surface area contributed by atoms with Gasteiger partial charge in [0.25, 0.3) is 0 Å². The van der Waals surface area contributed by atoms with Crippen LogP contribution in [0.2, 0.25) is 0 Å². The average molecular weight is 262 g/mol. The largest absolute Gasteiger partial charge is 0.488 e. The van der Waals surface area contributed by atoms with E-state index in [1.165, 1.54) is 5.56 Å². The maximum atomic E-state index is 6.08. The SMILES string of the molecule is c1ccc(OC2CCOC2)c(CN2CCNCC2)c1. The number of hydrogen-bond acceptors (Lipinski definition) is 4. The third kappa shape index (κ3) is 3.47. The molecule has 0 bridgehead atoms. The molecular weight excluding hydrogens is 240 g/mol. The Balaban J connectivity index is 1.65. The number of para-hydroxylation sites is 1. The van der Waals surface area contributed by atoms with Gasteiger partial charge in [-0.15, -0.1) is 0 Å². The zero-order valence-corrected chi connectivity index (χ0v) is 11.3. The van der Waals surface area contributed by atoms with Gasteiger partial charge >= 0.3 is 0 Å². The molecule has 2 aliphatic rings. The van der Waals surface area contributed by atoms with Crippen LogP contribution in [0.1, 0.15) is 12.0 Å². The van der Waals surface area contributed by atoms with Gasteiger partial charge in [0.2, 0.25) is 0 Å². The van der Waals surface area contributed by atoms with E-state index in [1.54, 1.807) is 0 Å². The molecule has 2 saturated heterocycles. The lowest BCUT2D eigenvalue weighted by Crippen LogP contribution is -2.42. The summed E-state index contributed by atoms with van der Waals surface area (Å²) in [6.07, 6.45) is 1.23. The van der Waals surface area contributed by atoms with Gasteiger partial charge in [0, 0.05) is 44.7 Å². The second kappa shape index (κ2) is 6.37. The van der Waals surface area contributed by atoms with Crippen LogP contribution < -0.4 is 10.1 Å². The maximum Gasteiger partial charge on any atom is 0.124 e. The van der Waals surface area contributed by atoms with Crippen LogP contribution in [0.3, 0.4) is 0 Å². The minimum atomic E-state index is 0.226. The van der Waals surface area contributed by atoms with E-state index < -0.39 is 0 Å². The molecule has 1 aromatic carbocycles. The minimum absolute atomic E-state index is 0.226.